The van der Waals surface area contributed by atoms with Gasteiger partial charge in [-0.3, -0.25) is 9.59 Å². The van der Waals surface area contributed by atoms with Gasteiger partial charge in [-0.05, 0) is 50.3 Å². The second-order valence-electron chi connectivity index (χ2n) is 8.26. The Labute approximate surface area is 184 Å². The molecule has 1 atom stereocenters. The van der Waals surface area contributed by atoms with E-state index in [9.17, 15) is 9.59 Å². The molecule has 0 spiro atoms. The number of rotatable bonds is 8. The molecule has 2 amide bonds. The van der Waals surface area contributed by atoms with Gasteiger partial charge >= 0.3 is 0 Å². The highest BCUT2D eigenvalue weighted by atomic mass is 35.5. The first-order valence-corrected chi connectivity index (χ1v) is 11.2. The minimum absolute atomic E-state index is 0.0374. The first-order valence-electron chi connectivity index (χ1n) is 10.8. The third kappa shape index (κ3) is 6.09. The number of hydrogen-bond donors (Lipinski definition) is 1. The van der Waals surface area contributed by atoms with Crippen molar-refractivity contribution in [3.05, 3.63) is 70.2 Å². The normalized spacial score (nSPS) is 15.0. The van der Waals surface area contributed by atoms with E-state index in [1.807, 2.05) is 62.4 Å². The topological polar surface area (TPSA) is 49.4 Å². The number of amides is 2. The lowest BCUT2D eigenvalue weighted by atomic mass is 10.1. The van der Waals surface area contributed by atoms with E-state index in [2.05, 4.69) is 5.32 Å². The Balaban J connectivity index is 1.71. The molecule has 30 heavy (non-hydrogen) atoms. The zero-order valence-corrected chi connectivity index (χ0v) is 18.6. The fraction of sp³-hybridized carbons (Fsp3) is 0.440. The fourth-order valence-electron chi connectivity index (χ4n) is 3.95. The highest BCUT2D eigenvalue weighted by Gasteiger charge is 2.28. The lowest BCUT2D eigenvalue weighted by Crippen LogP contribution is -2.49. The molecule has 0 aliphatic heterocycles. The van der Waals surface area contributed by atoms with Crippen LogP contribution in [0, 0.1) is 6.92 Å². The van der Waals surface area contributed by atoms with Crippen molar-refractivity contribution in [2.45, 2.75) is 71.0 Å². The molecule has 1 N–H and O–H groups in total. The Bertz CT molecular complexity index is 860. The van der Waals surface area contributed by atoms with Gasteiger partial charge in [0, 0.05) is 24.0 Å². The smallest absolute Gasteiger partial charge is 0.242 e. The van der Waals surface area contributed by atoms with Gasteiger partial charge in [-0.15, -0.1) is 0 Å². The van der Waals surface area contributed by atoms with E-state index in [4.69, 9.17) is 11.6 Å². The van der Waals surface area contributed by atoms with Crippen molar-refractivity contribution in [1.82, 2.24) is 10.2 Å². The molecule has 0 radical (unpaired) electrons. The molecule has 160 valence electrons. The van der Waals surface area contributed by atoms with Crippen LogP contribution in [0.25, 0.3) is 0 Å². The van der Waals surface area contributed by atoms with Crippen LogP contribution < -0.4 is 5.32 Å². The summed E-state index contributed by atoms with van der Waals surface area (Å²) in [7, 11) is 0. The molecule has 1 unspecified atom stereocenters. The molecule has 2 aromatic rings. The third-order valence-electron chi connectivity index (χ3n) is 5.91. The van der Waals surface area contributed by atoms with Gasteiger partial charge in [0.15, 0.2) is 0 Å². The number of halogens is 1. The van der Waals surface area contributed by atoms with Crippen LogP contribution in [-0.2, 0) is 22.6 Å². The maximum Gasteiger partial charge on any atom is 0.242 e. The van der Waals surface area contributed by atoms with E-state index < -0.39 is 6.04 Å². The first kappa shape index (κ1) is 22.4. The van der Waals surface area contributed by atoms with Crippen LogP contribution >= 0.6 is 11.6 Å². The van der Waals surface area contributed by atoms with Gasteiger partial charge in [0.25, 0.3) is 0 Å². The largest absolute Gasteiger partial charge is 0.352 e. The maximum atomic E-state index is 13.2. The average molecular weight is 427 g/mol. The Morgan fingerprint density at radius 1 is 1.10 bits per heavy atom. The van der Waals surface area contributed by atoms with Gasteiger partial charge < -0.3 is 10.2 Å². The van der Waals surface area contributed by atoms with E-state index in [0.29, 0.717) is 24.4 Å². The molecule has 1 saturated carbocycles. The summed E-state index contributed by atoms with van der Waals surface area (Å²) in [5.74, 6) is -0.107. The standard InChI is InChI=1S/C25H31ClN2O2/c1-18-11-13-20(14-12-18)17-28(19(2)25(30)27-22-8-4-5-9-22)24(29)16-15-21-7-3-6-10-23(21)26/h3,6-7,10-14,19,22H,4-5,8-9,15-17H2,1-2H3,(H,27,30). The van der Waals surface area contributed by atoms with Crippen LogP contribution in [0.15, 0.2) is 48.5 Å². The van der Waals surface area contributed by atoms with E-state index in [1.165, 1.54) is 5.56 Å². The minimum atomic E-state index is -0.523. The number of carbonyl (C=O) groups excluding carboxylic acids is 2. The predicted molar refractivity (Wildman–Crippen MR) is 121 cm³/mol. The molecule has 0 heterocycles. The SMILES string of the molecule is Cc1ccc(CN(C(=O)CCc2ccccc2Cl)C(C)C(=O)NC2CCCC2)cc1. The van der Waals surface area contributed by atoms with Gasteiger partial charge in [0.1, 0.15) is 6.04 Å². The van der Waals surface area contributed by atoms with Crippen LogP contribution in [0.1, 0.15) is 55.7 Å². The zero-order chi connectivity index (χ0) is 21.5. The summed E-state index contributed by atoms with van der Waals surface area (Å²) in [5, 5.41) is 3.81. The highest BCUT2D eigenvalue weighted by molar-refractivity contribution is 6.31. The molecular formula is C25H31ClN2O2. The second-order valence-corrected chi connectivity index (χ2v) is 8.67. The average Bonchev–Trinajstić information content (AvgIpc) is 3.25. The number of nitrogens with one attached hydrogen (secondary N) is 1. The molecule has 2 aromatic carbocycles. The number of aryl methyl sites for hydroxylation is 2. The minimum Gasteiger partial charge on any atom is -0.352 e. The molecule has 0 bridgehead atoms. The number of hydrogen-bond acceptors (Lipinski definition) is 2. The molecule has 0 saturated heterocycles. The van der Waals surface area contributed by atoms with Crippen molar-refractivity contribution >= 4 is 23.4 Å². The molecular weight excluding hydrogens is 396 g/mol. The molecule has 1 aliphatic rings. The summed E-state index contributed by atoms with van der Waals surface area (Å²) in [6, 6.07) is 15.4. The summed E-state index contributed by atoms with van der Waals surface area (Å²) in [4.78, 5) is 27.8. The lowest BCUT2D eigenvalue weighted by molar-refractivity contribution is -0.140. The molecule has 1 aliphatic carbocycles. The monoisotopic (exact) mass is 426 g/mol. The van der Waals surface area contributed by atoms with Gasteiger partial charge in [-0.25, -0.2) is 0 Å². The van der Waals surface area contributed by atoms with Crippen LogP contribution in [0.3, 0.4) is 0 Å². The summed E-state index contributed by atoms with van der Waals surface area (Å²) in [6.07, 6.45) is 5.23. The Morgan fingerprint density at radius 3 is 2.43 bits per heavy atom. The quantitative estimate of drug-likeness (QED) is 0.641. The summed E-state index contributed by atoms with van der Waals surface area (Å²) in [5.41, 5.74) is 3.14. The molecule has 4 nitrogen and oxygen atoms in total. The van der Waals surface area contributed by atoms with Crippen LogP contribution in [0.5, 0.6) is 0 Å². The van der Waals surface area contributed by atoms with Crippen LogP contribution in [-0.4, -0.2) is 28.8 Å². The Hall–Kier alpha value is -2.33. The van der Waals surface area contributed by atoms with E-state index in [0.717, 1.165) is 36.8 Å². The number of carbonyl (C=O) groups is 2. The molecule has 3 rings (SSSR count). The van der Waals surface area contributed by atoms with E-state index in [1.54, 1.807) is 4.90 Å². The highest BCUT2D eigenvalue weighted by Crippen LogP contribution is 2.20. The van der Waals surface area contributed by atoms with Crippen LogP contribution in [0.4, 0.5) is 0 Å². The Morgan fingerprint density at radius 2 is 1.77 bits per heavy atom. The van der Waals surface area contributed by atoms with Gasteiger partial charge in [-0.1, -0.05) is 72.5 Å². The van der Waals surface area contributed by atoms with Gasteiger partial charge in [0.05, 0.1) is 0 Å². The third-order valence-corrected chi connectivity index (χ3v) is 6.28. The Kier molecular flexibility index (Phi) is 7.92. The van der Waals surface area contributed by atoms with Gasteiger partial charge in [0.2, 0.25) is 11.8 Å². The predicted octanol–water partition coefficient (Wildman–Crippen LogP) is 5.06. The lowest BCUT2D eigenvalue weighted by Gasteiger charge is -2.30. The van der Waals surface area contributed by atoms with E-state index >= 15 is 0 Å². The molecule has 5 heteroatoms. The number of nitrogens with zero attached hydrogens (tertiary/aromatic N) is 1. The van der Waals surface area contributed by atoms with Gasteiger partial charge in [-0.2, -0.15) is 0 Å². The summed E-state index contributed by atoms with van der Waals surface area (Å²) < 4.78 is 0. The summed E-state index contributed by atoms with van der Waals surface area (Å²) in [6.45, 7) is 4.28. The summed E-state index contributed by atoms with van der Waals surface area (Å²) >= 11 is 6.25. The van der Waals surface area contributed by atoms with Crippen molar-refractivity contribution in [2.24, 2.45) is 0 Å². The number of benzene rings is 2. The maximum absolute atomic E-state index is 13.2. The zero-order valence-electron chi connectivity index (χ0n) is 17.9. The molecule has 0 aromatic heterocycles. The van der Waals surface area contributed by atoms with Crippen molar-refractivity contribution in [1.29, 1.82) is 0 Å². The van der Waals surface area contributed by atoms with Crippen molar-refractivity contribution in [2.75, 3.05) is 0 Å². The van der Waals surface area contributed by atoms with Crippen molar-refractivity contribution < 1.29 is 9.59 Å². The van der Waals surface area contributed by atoms with Crippen LogP contribution in [0.2, 0.25) is 5.02 Å². The first-order chi connectivity index (χ1) is 14.4. The van der Waals surface area contributed by atoms with Crippen molar-refractivity contribution in [3.63, 3.8) is 0 Å². The second kappa shape index (κ2) is 10.6. The molecule has 1 fully saturated rings. The fourth-order valence-corrected chi connectivity index (χ4v) is 4.18. The van der Waals surface area contributed by atoms with Crippen molar-refractivity contribution in [3.8, 4) is 0 Å². The van der Waals surface area contributed by atoms with E-state index in [-0.39, 0.29) is 17.9 Å².